The minimum atomic E-state index is -4.86. The lowest BCUT2D eigenvalue weighted by atomic mass is 10.2. The average Bonchev–Trinajstić information content (AvgIpc) is 2.29. The Hall–Kier alpha value is -1.10. The summed E-state index contributed by atoms with van der Waals surface area (Å²) in [6.07, 6.45) is -4.00. The van der Waals surface area contributed by atoms with Crippen molar-refractivity contribution in [2.24, 2.45) is 5.73 Å². The molecule has 1 rings (SSSR count). The normalized spacial score (nSPS) is 11.2. The van der Waals surface area contributed by atoms with Gasteiger partial charge in [-0.05, 0) is 22.6 Å². The van der Waals surface area contributed by atoms with E-state index >= 15 is 0 Å². The summed E-state index contributed by atoms with van der Waals surface area (Å²) in [5, 5.41) is 0. The minimum absolute atomic E-state index is 0.0489. The van der Waals surface area contributed by atoms with Gasteiger partial charge in [-0.1, -0.05) is 0 Å². The van der Waals surface area contributed by atoms with E-state index in [1.807, 2.05) is 0 Å². The standard InChI is InChI=1S/C9H8F3IN2O3/c1-17-8(16)6-4(2-14)15-3-5(7(6)13)18-9(10,11)12/h3H,2,14H2,1H3. The molecule has 0 amide bonds. The number of hydrogen-bond donors (Lipinski definition) is 1. The van der Waals surface area contributed by atoms with Gasteiger partial charge < -0.3 is 15.2 Å². The van der Waals surface area contributed by atoms with Crippen LogP contribution in [0.25, 0.3) is 0 Å². The molecule has 0 aliphatic carbocycles. The fourth-order valence-corrected chi connectivity index (χ4v) is 1.95. The zero-order chi connectivity index (χ0) is 13.9. The highest BCUT2D eigenvalue weighted by molar-refractivity contribution is 14.1. The molecule has 2 N–H and O–H groups in total. The predicted octanol–water partition coefficient (Wildman–Crippen LogP) is 1.83. The number of nitrogens with two attached hydrogens (primary N) is 1. The second kappa shape index (κ2) is 5.69. The van der Waals surface area contributed by atoms with Crippen LogP contribution in [0.3, 0.4) is 0 Å². The summed E-state index contributed by atoms with van der Waals surface area (Å²) in [6, 6.07) is 0. The highest BCUT2D eigenvalue weighted by Gasteiger charge is 2.33. The van der Waals surface area contributed by atoms with Crippen molar-refractivity contribution in [3.8, 4) is 5.75 Å². The molecule has 0 radical (unpaired) electrons. The van der Waals surface area contributed by atoms with Gasteiger partial charge in [0.15, 0.2) is 5.75 Å². The number of carbonyl (C=O) groups excluding carboxylic acids is 1. The molecule has 1 aromatic heterocycles. The molecule has 0 atom stereocenters. The van der Waals surface area contributed by atoms with Crippen LogP contribution >= 0.6 is 22.6 Å². The lowest BCUT2D eigenvalue weighted by Gasteiger charge is -2.14. The van der Waals surface area contributed by atoms with Crippen molar-refractivity contribution < 1.29 is 27.4 Å². The molecular formula is C9H8F3IN2O3. The summed E-state index contributed by atoms with van der Waals surface area (Å²) in [5.41, 5.74) is 5.37. The summed E-state index contributed by atoms with van der Waals surface area (Å²) in [6.45, 7) is -0.104. The Bertz CT molecular complexity index is 465. The van der Waals surface area contributed by atoms with Gasteiger partial charge in [0.1, 0.15) is 0 Å². The molecule has 0 fully saturated rings. The van der Waals surface area contributed by atoms with Gasteiger partial charge in [-0.25, -0.2) is 4.79 Å². The lowest BCUT2D eigenvalue weighted by molar-refractivity contribution is -0.275. The molecule has 1 aromatic rings. The highest BCUT2D eigenvalue weighted by atomic mass is 127. The van der Waals surface area contributed by atoms with E-state index in [-0.39, 0.29) is 21.4 Å². The number of carbonyl (C=O) groups is 1. The van der Waals surface area contributed by atoms with Crippen molar-refractivity contribution in [1.82, 2.24) is 4.98 Å². The molecule has 0 aliphatic heterocycles. The van der Waals surface area contributed by atoms with Gasteiger partial charge in [0.25, 0.3) is 0 Å². The van der Waals surface area contributed by atoms with Crippen LogP contribution in [0, 0.1) is 3.57 Å². The molecule has 0 aromatic carbocycles. The third-order valence-electron chi connectivity index (χ3n) is 1.87. The number of halogens is 4. The third kappa shape index (κ3) is 3.45. The van der Waals surface area contributed by atoms with E-state index in [1.165, 1.54) is 0 Å². The van der Waals surface area contributed by atoms with Crippen LogP contribution in [0.4, 0.5) is 13.2 Å². The van der Waals surface area contributed by atoms with Gasteiger partial charge in [0.2, 0.25) is 0 Å². The average molecular weight is 376 g/mol. The van der Waals surface area contributed by atoms with Crippen molar-refractivity contribution in [3.05, 3.63) is 21.0 Å². The van der Waals surface area contributed by atoms with E-state index < -0.39 is 18.1 Å². The van der Waals surface area contributed by atoms with E-state index in [0.29, 0.717) is 0 Å². The van der Waals surface area contributed by atoms with Gasteiger partial charge >= 0.3 is 12.3 Å². The predicted molar refractivity (Wildman–Crippen MR) is 62.9 cm³/mol. The van der Waals surface area contributed by atoms with Crippen molar-refractivity contribution in [2.75, 3.05) is 7.11 Å². The van der Waals surface area contributed by atoms with Gasteiger partial charge in [-0.15, -0.1) is 13.2 Å². The first kappa shape index (κ1) is 15.0. The zero-order valence-corrected chi connectivity index (χ0v) is 11.2. The number of pyridine rings is 1. The van der Waals surface area contributed by atoms with Gasteiger partial charge in [0.05, 0.1) is 28.1 Å². The number of esters is 1. The Morgan fingerprint density at radius 3 is 2.61 bits per heavy atom. The molecule has 0 saturated heterocycles. The maximum atomic E-state index is 12.1. The van der Waals surface area contributed by atoms with Gasteiger partial charge in [-0.3, -0.25) is 4.98 Å². The van der Waals surface area contributed by atoms with Crippen molar-refractivity contribution in [3.63, 3.8) is 0 Å². The Balaban J connectivity index is 3.30. The van der Waals surface area contributed by atoms with Crippen molar-refractivity contribution in [1.29, 1.82) is 0 Å². The maximum Gasteiger partial charge on any atom is 0.573 e. The molecule has 5 nitrogen and oxygen atoms in total. The monoisotopic (exact) mass is 376 g/mol. The van der Waals surface area contributed by atoms with Crippen LogP contribution in [-0.2, 0) is 11.3 Å². The molecule has 18 heavy (non-hydrogen) atoms. The van der Waals surface area contributed by atoms with Crippen LogP contribution in [0.2, 0.25) is 0 Å². The summed E-state index contributed by atoms with van der Waals surface area (Å²) < 4.78 is 44.5. The first-order valence-corrected chi connectivity index (χ1v) is 5.59. The summed E-state index contributed by atoms with van der Waals surface area (Å²) in [7, 11) is 1.11. The first-order valence-electron chi connectivity index (χ1n) is 4.51. The van der Waals surface area contributed by atoms with Crippen LogP contribution in [-0.4, -0.2) is 24.4 Å². The zero-order valence-electron chi connectivity index (χ0n) is 9.05. The molecular weight excluding hydrogens is 368 g/mol. The second-order valence-corrected chi connectivity index (χ2v) is 4.08. The Labute approximate surface area is 114 Å². The number of hydrogen-bond acceptors (Lipinski definition) is 5. The Morgan fingerprint density at radius 2 is 2.17 bits per heavy atom. The summed E-state index contributed by atoms with van der Waals surface area (Å²) in [5.74, 6) is -1.39. The molecule has 0 saturated carbocycles. The molecule has 9 heteroatoms. The second-order valence-electron chi connectivity index (χ2n) is 3.00. The molecule has 0 aliphatic rings. The van der Waals surface area contributed by atoms with Crippen LogP contribution in [0.5, 0.6) is 5.75 Å². The molecule has 0 spiro atoms. The lowest BCUT2D eigenvalue weighted by Crippen LogP contribution is -2.20. The first-order chi connectivity index (χ1) is 8.30. The topological polar surface area (TPSA) is 74.4 Å². The number of nitrogens with zero attached hydrogens (tertiary/aromatic N) is 1. The van der Waals surface area contributed by atoms with E-state index in [1.54, 1.807) is 22.6 Å². The van der Waals surface area contributed by atoms with E-state index in [0.717, 1.165) is 13.3 Å². The quantitative estimate of drug-likeness (QED) is 0.644. The Morgan fingerprint density at radius 1 is 1.56 bits per heavy atom. The number of alkyl halides is 3. The number of methoxy groups -OCH3 is 1. The molecule has 0 unspecified atom stereocenters. The van der Waals surface area contributed by atoms with Crippen LogP contribution in [0.15, 0.2) is 6.20 Å². The third-order valence-corrected chi connectivity index (χ3v) is 2.94. The SMILES string of the molecule is COC(=O)c1c(CN)ncc(OC(F)(F)F)c1I. The molecule has 1 heterocycles. The number of rotatable bonds is 3. The fourth-order valence-electron chi connectivity index (χ4n) is 1.17. The summed E-state index contributed by atoms with van der Waals surface area (Å²) in [4.78, 5) is 15.1. The number of aromatic nitrogens is 1. The molecule has 0 bridgehead atoms. The maximum absolute atomic E-state index is 12.1. The smallest absolute Gasteiger partial charge is 0.465 e. The van der Waals surface area contributed by atoms with Crippen LogP contribution < -0.4 is 10.5 Å². The van der Waals surface area contributed by atoms with Crippen molar-refractivity contribution >= 4 is 28.6 Å². The van der Waals surface area contributed by atoms with E-state index in [2.05, 4.69) is 14.5 Å². The van der Waals surface area contributed by atoms with E-state index in [4.69, 9.17) is 5.73 Å². The fraction of sp³-hybridized carbons (Fsp3) is 0.333. The minimum Gasteiger partial charge on any atom is -0.465 e. The largest absolute Gasteiger partial charge is 0.573 e. The Kier molecular flexibility index (Phi) is 4.73. The molecule has 100 valence electrons. The highest BCUT2D eigenvalue weighted by Crippen LogP contribution is 2.30. The van der Waals surface area contributed by atoms with Gasteiger partial charge in [-0.2, -0.15) is 0 Å². The van der Waals surface area contributed by atoms with Crippen LogP contribution in [0.1, 0.15) is 16.1 Å². The van der Waals surface area contributed by atoms with Crippen molar-refractivity contribution in [2.45, 2.75) is 12.9 Å². The van der Waals surface area contributed by atoms with E-state index in [9.17, 15) is 18.0 Å². The van der Waals surface area contributed by atoms with Gasteiger partial charge in [0, 0.05) is 6.54 Å². The number of ether oxygens (including phenoxy) is 2. The summed E-state index contributed by atoms with van der Waals surface area (Å²) >= 11 is 1.55.